The molecule has 0 saturated carbocycles. The minimum absolute atomic E-state index is 0.0279. The summed E-state index contributed by atoms with van der Waals surface area (Å²) in [6, 6.07) is 11.9. The molecule has 3 heterocycles. The van der Waals surface area contributed by atoms with E-state index in [0.717, 1.165) is 29.8 Å². The van der Waals surface area contributed by atoms with Gasteiger partial charge in [-0.05, 0) is 24.6 Å². The molecule has 130 valence electrons. The van der Waals surface area contributed by atoms with E-state index in [1.807, 2.05) is 47.5 Å². The number of rotatable bonds is 2. The van der Waals surface area contributed by atoms with Crippen molar-refractivity contribution in [3.63, 3.8) is 0 Å². The molecule has 5 heteroatoms. The van der Waals surface area contributed by atoms with Gasteiger partial charge in [0.15, 0.2) is 0 Å². The van der Waals surface area contributed by atoms with Gasteiger partial charge in [-0.2, -0.15) is 0 Å². The number of fused-ring (bicyclic) bond motifs is 3. The number of aryl methyl sites for hydroxylation is 1. The number of alkyl halides is 2. The summed E-state index contributed by atoms with van der Waals surface area (Å²) in [5.41, 5.74) is 2.96. The maximum Gasteiger partial charge on any atom is 0.251 e. The SMILES string of the molecule is FC(F)CN1CCO[C@H]2c3cc(C#Cc4ccccc4)cn3CC[C@H]21. The second kappa shape index (κ2) is 6.99. The quantitative estimate of drug-likeness (QED) is 0.779. The Morgan fingerprint density at radius 1 is 1.12 bits per heavy atom. The van der Waals surface area contributed by atoms with Gasteiger partial charge in [-0.25, -0.2) is 8.78 Å². The molecular formula is C20H20F2N2O. The van der Waals surface area contributed by atoms with Crippen molar-refractivity contribution in [1.82, 2.24) is 9.47 Å². The Bertz CT molecular complexity index is 791. The van der Waals surface area contributed by atoms with Crippen LogP contribution in [0, 0.1) is 11.8 Å². The lowest BCUT2D eigenvalue weighted by Gasteiger charge is -2.44. The van der Waals surface area contributed by atoms with E-state index in [-0.39, 0.29) is 18.7 Å². The Hall–Kier alpha value is -2.16. The standard InChI is InChI=1S/C20H20F2N2O/c21-19(22)14-24-10-11-25-20-17(24)8-9-23-13-16(12-18(20)23)7-6-15-4-2-1-3-5-15/h1-5,12-13,17,19-20H,8-11,14H2/t17-,20-/m1/s1. The van der Waals surface area contributed by atoms with Crippen molar-refractivity contribution in [2.24, 2.45) is 0 Å². The number of nitrogens with zero attached hydrogens (tertiary/aromatic N) is 2. The molecule has 1 aromatic heterocycles. The third kappa shape index (κ3) is 3.46. The van der Waals surface area contributed by atoms with Crippen molar-refractivity contribution in [3.8, 4) is 11.8 Å². The van der Waals surface area contributed by atoms with E-state index in [9.17, 15) is 8.78 Å². The van der Waals surface area contributed by atoms with Gasteiger partial charge in [0.2, 0.25) is 0 Å². The molecule has 0 amide bonds. The number of ether oxygens (including phenoxy) is 1. The molecule has 0 N–H and O–H groups in total. The fourth-order valence-corrected chi connectivity index (χ4v) is 3.75. The number of aromatic nitrogens is 1. The van der Waals surface area contributed by atoms with Crippen molar-refractivity contribution >= 4 is 0 Å². The molecule has 25 heavy (non-hydrogen) atoms. The molecule has 1 fully saturated rings. The van der Waals surface area contributed by atoms with Gasteiger partial charge < -0.3 is 9.30 Å². The molecule has 2 aromatic rings. The fourth-order valence-electron chi connectivity index (χ4n) is 3.75. The van der Waals surface area contributed by atoms with Crippen molar-refractivity contribution < 1.29 is 13.5 Å². The average Bonchev–Trinajstić information content (AvgIpc) is 3.04. The largest absolute Gasteiger partial charge is 0.369 e. The van der Waals surface area contributed by atoms with E-state index >= 15 is 0 Å². The molecule has 0 bridgehead atoms. The van der Waals surface area contributed by atoms with Crippen LogP contribution in [-0.4, -0.2) is 41.6 Å². The lowest BCUT2D eigenvalue weighted by Crippen LogP contribution is -2.51. The first-order chi connectivity index (χ1) is 12.2. The molecule has 0 aliphatic carbocycles. The zero-order valence-electron chi connectivity index (χ0n) is 13.9. The fraction of sp³-hybridized carbons (Fsp3) is 0.400. The molecule has 2 aliphatic rings. The van der Waals surface area contributed by atoms with E-state index < -0.39 is 6.43 Å². The molecule has 1 aromatic carbocycles. The molecule has 4 rings (SSSR count). The van der Waals surface area contributed by atoms with Crippen LogP contribution in [0.2, 0.25) is 0 Å². The number of benzene rings is 1. The van der Waals surface area contributed by atoms with Gasteiger partial charge in [0, 0.05) is 42.1 Å². The summed E-state index contributed by atoms with van der Waals surface area (Å²) in [4.78, 5) is 1.88. The third-order valence-electron chi connectivity index (χ3n) is 4.88. The van der Waals surface area contributed by atoms with Crippen LogP contribution >= 0.6 is 0 Å². The monoisotopic (exact) mass is 342 g/mol. The van der Waals surface area contributed by atoms with Crippen LogP contribution in [0.5, 0.6) is 0 Å². The van der Waals surface area contributed by atoms with Crippen LogP contribution in [0.1, 0.15) is 29.3 Å². The first kappa shape index (κ1) is 16.3. The van der Waals surface area contributed by atoms with E-state index in [0.29, 0.717) is 13.2 Å². The summed E-state index contributed by atoms with van der Waals surface area (Å²) in [6.45, 7) is 1.70. The summed E-state index contributed by atoms with van der Waals surface area (Å²) < 4.78 is 33.8. The molecule has 1 saturated heterocycles. The zero-order chi connectivity index (χ0) is 17.2. The van der Waals surface area contributed by atoms with Crippen molar-refractivity contribution in [2.75, 3.05) is 19.7 Å². The normalized spacial score (nSPS) is 22.8. The second-order valence-corrected chi connectivity index (χ2v) is 6.50. The van der Waals surface area contributed by atoms with E-state index in [2.05, 4.69) is 16.4 Å². The number of hydrogen-bond donors (Lipinski definition) is 0. The molecule has 3 nitrogen and oxygen atoms in total. The van der Waals surface area contributed by atoms with Crippen LogP contribution in [0.3, 0.4) is 0 Å². The highest BCUT2D eigenvalue weighted by molar-refractivity contribution is 5.43. The number of halogens is 2. The van der Waals surface area contributed by atoms with Gasteiger partial charge in [0.25, 0.3) is 6.43 Å². The van der Waals surface area contributed by atoms with Crippen LogP contribution < -0.4 is 0 Å². The number of hydrogen-bond acceptors (Lipinski definition) is 2. The Kier molecular flexibility index (Phi) is 4.56. The smallest absolute Gasteiger partial charge is 0.251 e. The summed E-state index contributed by atoms with van der Waals surface area (Å²) in [7, 11) is 0. The maximum atomic E-state index is 12.8. The Labute approximate surface area is 146 Å². The molecule has 2 aliphatic heterocycles. The second-order valence-electron chi connectivity index (χ2n) is 6.50. The molecule has 0 radical (unpaired) electrons. The highest BCUT2D eigenvalue weighted by atomic mass is 19.3. The van der Waals surface area contributed by atoms with E-state index in [4.69, 9.17) is 4.74 Å². The minimum Gasteiger partial charge on any atom is -0.369 e. The van der Waals surface area contributed by atoms with Crippen molar-refractivity contribution in [3.05, 3.63) is 59.4 Å². The molecular weight excluding hydrogens is 322 g/mol. The Morgan fingerprint density at radius 3 is 2.72 bits per heavy atom. The molecule has 2 atom stereocenters. The van der Waals surface area contributed by atoms with Gasteiger partial charge in [-0.15, -0.1) is 0 Å². The molecule has 0 unspecified atom stereocenters. The third-order valence-corrected chi connectivity index (χ3v) is 4.88. The van der Waals surface area contributed by atoms with Gasteiger partial charge in [-0.1, -0.05) is 30.0 Å². The maximum absolute atomic E-state index is 12.8. The first-order valence-electron chi connectivity index (χ1n) is 8.61. The van der Waals surface area contributed by atoms with Gasteiger partial charge in [0.1, 0.15) is 6.10 Å². The predicted octanol–water partition coefficient (Wildman–Crippen LogP) is 3.30. The van der Waals surface area contributed by atoms with Crippen LogP contribution in [0.25, 0.3) is 0 Å². The zero-order valence-corrected chi connectivity index (χ0v) is 13.9. The Morgan fingerprint density at radius 2 is 1.92 bits per heavy atom. The van der Waals surface area contributed by atoms with Crippen LogP contribution in [-0.2, 0) is 11.3 Å². The van der Waals surface area contributed by atoms with Crippen LogP contribution in [0.15, 0.2) is 42.6 Å². The van der Waals surface area contributed by atoms with Crippen LogP contribution in [0.4, 0.5) is 8.78 Å². The Balaban J connectivity index is 1.57. The van der Waals surface area contributed by atoms with Crippen molar-refractivity contribution in [1.29, 1.82) is 0 Å². The predicted molar refractivity (Wildman–Crippen MR) is 91.5 cm³/mol. The van der Waals surface area contributed by atoms with E-state index in [1.54, 1.807) is 0 Å². The lowest BCUT2D eigenvalue weighted by molar-refractivity contribution is -0.100. The lowest BCUT2D eigenvalue weighted by atomic mass is 9.97. The highest BCUT2D eigenvalue weighted by Crippen LogP contribution is 2.36. The highest BCUT2D eigenvalue weighted by Gasteiger charge is 2.38. The summed E-state index contributed by atoms with van der Waals surface area (Å²) in [6.07, 6.45) is 0.412. The summed E-state index contributed by atoms with van der Waals surface area (Å²) in [5, 5.41) is 0. The van der Waals surface area contributed by atoms with Gasteiger partial charge in [-0.3, -0.25) is 4.90 Å². The van der Waals surface area contributed by atoms with E-state index in [1.165, 1.54) is 0 Å². The first-order valence-corrected chi connectivity index (χ1v) is 8.61. The topological polar surface area (TPSA) is 17.4 Å². The van der Waals surface area contributed by atoms with Gasteiger partial charge in [0.05, 0.1) is 13.2 Å². The summed E-state index contributed by atoms with van der Waals surface area (Å²) in [5.74, 6) is 6.36. The van der Waals surface area contributed by atoms with Crippen molar-refractivity contribution in [2.45, 2.75) is 31.5 Å². The number of morpholine rings is 1. The van der Waals surface area contributed by atoms with Gasteiger partial charge >= 0.3 is 0 Å². The average molecular weight is 342 g/mol. The molecule has 0 spiro atoms. The summed E-state index contributed by atoms with van der Waals surface area (Å²) >= 11 is 0. The minimum atomic E-state index is -2.31.